The van der Waals surface area contributed by atoms with Crippen molar-refractivity contribution in [2.45, 2.75) is 31.7 Å². The van der Waals surface area contributed by atoms with Gasteiger partial charge in [-0.15, -0.1) is 0 Å². The average Bonchev–Trinajstić information content (AvgIpc) is 3.31. The minimum absolute atomic E-state index is 0.0531. The summed E-state index contributed by atoms with van der Waals surface area (Å²) in [4.78, 5) is 18.9. The number of carbonyl (C=O) groups is 1. The van der Waals surface area contributed by atoms with E-state index in [0.717, 1.165) is 30.1 Å². The molecule has 178 valence electrons. The molecule has 1 aliphatic rings. The Bertz CT molecular complexity index is 1100. The van der Waals surface area contributed by atoms with Crippen molar-refractivity contribution in [3.63, 3.8) is 0 Å². The van der Waals surface area contributed by atoms with Gasteiger partial charge in [0.2, 0.25) is 5.91 Å². The first-order valence-corrected chi connectivity index (χ1v) is 12.6. The highest BCUT2D eigenvalue weighted by atomic mass is 32.2. The molecule has 1 aliphatic heterocycles. The van der Waals surface area contributed by atoms with Crippen LogP contribution in [0.2, 0.25) is 0 Å². The van der Waals surface area contributed by atoms with Gasteiger partial charge in [0.15, 0.2) is 9.84 Å². The number of aryl methyl sites for hydroxylation is 2. The number of hydrogen-bond acceptors (Lipinski definition) is 7. The standard InChI is InChI=1S/C24H32N4O4S/c1-17-13-21(32-4)14-18(2)23(17)33(30,31)16-25-10-9-22(29)28(3)15-19-5-7-20(8-6-19)24-26-11-12-27-24/h5-8,13-14,25H,9-12,15-16H2,1-4H3,(H,26,27). The minimum Gasteiger partial charge on any atom is -0.497 e. The first-order chi connectivity index (χ1) is 15.7. The third-order valence-electron chi connectivity index (χ3n) is 5.54. The summed E-state index contributed by atoms with van der Waals surface area (Å²) in [6.07, 6.45) is 0.214. The van der Waals surface area contributed by atoms with Crippen LogP contribution in [0, 0.1) is 13.8 Å². The molecule has 0 aliphatic carbocycles. The molecule has 0 fully saturated rings. The lowest BCUT2D eigenvalue weighted by Crippen LogP contribution is -2.31. The van der Waals surface area contributed by atoms with E-state index in [1.54, 1.807) is 45.0 Å². The Morgan fingerprint density at radius 1 is 1.18 bits per heavy atom. The number of sulfone groups is 1. The molecule has 33 heavy (non-hydrogen) atoms. The fraction of sp³-hybridized carbons (Fsp3) is 0.417. The molecule has 2 aromatic rings. The lowest BCUT2D eigenvalue weighted by Gasteiger charge is -2.18. The lowest BCUT2D eigenvalue weighted by atomic mass is 10.1. The van der Waals surface area contributed by atoms with Crippen LogP contribution in [0.3, 0.4) is 0 Å². The number of benzene rings is 2. The second-order valence-corrected chi connectivity index (χ2v) is 10.1. The largest absolute Gasteiger partial charge is 0.497 e. The highest BCUT2D eigenvalue weighted by molar-refractivity contribution is 7.91. The Kier molecular flexibility index (Phi) is 8.10. The molecule has 0 atom stereocenters. The fourth-order valence-corrected chi connectivity index (χ4v) is 5.56. The third-order valence-corrected chi connectivity index (χ3v) is 7.39. The Morgan fingerprint density at radius 3 is 2.42 bits per heavy atom. The van der Waals surface area contributed by atoms with Gasteiger partial charge in [0.1, 0.15) is 17.5 Å². The van der Waals surface area contributed by atoms with Crippen molar-refractivity contribution in [1.82, 2.24) is 15.5 Å². The molecule has 0 bridgehead atoms. The summed E-state index contributed by atoms with van der Waals surface area (Å²) in [5, 5.41) is 6.15. The smallest absolute Gasteiger partial charge is 0.223 e. The number of amidine groups is 1. The molecule has 2 aromatic carbocycles. The summed E-state index contributed by atoms with van der Waals surface area (Å²) in [6, 6.07) is 11.4. The van der Waals surface area contributed by atoms with Crippen molar-refractivity contribution in [3.8, 4) is 5.75 Å². The quantitative estimate of drug-likeness (QED) is 0.514. The van der Waals surface area contributed by atoms with Gasteiger partial charge in [-0.05, 0) is 42.7 Å². The van der Waals surface area contributed by atoms with Crippen LogP contribution >= 0.6 is 0 Å². The number of nitrogens with one attached hydrogen (secondary N) is 2. The van der Waals surface area contributed by atoms with E-state index in [1.165, 1.54) is 0 Å². The van der Waals surface area contributed by atoms with Gasteiger partial charge in [-0.2, -0.15) is 0 Å². The van der Waals surface area contributed by atoms with Gasteiger partial charge in [0.05, 0.1) is 18.6 Å². The molecular formula is C24H32N4O4S. The Labute approximate surface area is 196 Å². The Balaban J connectivity index is 1.48. The summed E-state index contributed by atoms with van der Waals surface area (Å²) in [5.41, 5.74) is 3.35. The Hall–Kier alpha value is -2.91. The van der Waals surface area contributed by atoms with E-state index in [2.05, 4.69) is 15.6 Å². The van der Waals surface area contributed by atoms with Gasteiger partial charge in [-0.3, -0.25) is 9.79 Å². The van der Waals surface area contributed by atoms with E-state index in [-0.39, 0.29) is 24.7 Å². The van der Waals surface area contributed by atoms with E-state index in [4.69, 9.17) is 4.74 Å². The number of hydrogen-bond donors (Lipinski definition) is 2. The van der Waals surface area contributed by atoms with Crippen LogP contribution in [-0.4, -0.2) is 64.7 Å². The molecule has 0 radical (unpaired) electrons. The highest BCUT2D eigenvalue weighted by Gasteiger charge is 2.20. The molecular weight excluding hydrogens is 440 g/mol. The normalized spacial score (nSPS) is 13.4. The lowest BCUT2D eigenvalue weighted by molar-refractivity contribution is -0.130. The number of nitrogens with zero attached hydrogens (tertiary/aromatic N) is 2. The fourth-order valence-electron chi connectivity index (χ4n) is 3.91. The molecule has 0 saturated carbocycles. The van der Waals surface area contributed by atoms with E-state index < -0.39 is 9.84 Å². The molecule has 9 heteroatoms. The Morgan fingerprint density at radius 2 is 1.85 bits per heavy atom. The highest BCUT2D eigenvalue weighted by Crippen LogP contribution is 2.26. The molecule has 0 saturated heterocycles. The molecule has 1 amide bonds. The van der Waals surface area contributed by atoms with Crippen LogP contribution in [0.4, 0.5) is 0 Å². The van der Waals surface area contributed by atoms with Crippen molar-refractivity contribution >= 4 is 21.6 Å². The second-order valence-electron chi connectivity index (χ2n) is 8.20. The predicted molar refractivity (Wildman–Crippen MR) is 129 cm³/mol. The summed E-state index contributed by atoms with van der Waals surface area (Å²) < 4.78 is 30.8. The molecule has 3 rings (SSSR count). The molecule has 0 spiro atoms. The summed E-state index contributed by atoms with van der Waals surface area (Å²) in [5.74, 6) is 1.26. The maximum absolute atomic E-state index is 12.8. The maximum atomic E-state index is 12.8. The van der Waals surface area contributed by atoms with Crippen molar-refractivity contribution in [2.24, 2.45) is 4.99 Å². The zero-order chi connectivity index (χ0) is 24.0. The minimum atomic E-state index is -3.53. The number of aliphatic imine (C=N–C) groups is 1. The number of carbonyl (C=O) groups excluding carboxylic acids is 1. The van der Waals surface area contributed by atoms with Crippen LogP contribution in [0.1, 0.15) is 28.7 Å². The van der Waals surface area contributed by atoms with Crippen molar-refractivity contribution in [1.29, 1.82) is 0 Å². The zero-order valence-electron chi connectivity index (χ0n) is 19.6. The molecule has 2 N–H and O–H groups in total. The zero-order valence-corrected chi connectivity index (χ0v) is 20.5. The van der Waals surface area contributed by atoms with Crippen LogP contribution in [-0.2, 0) is 21.2 Å². The van der Waals surface area contributed by atoms with Crippen LogP contribution in [0.15, 0.2) is 46.3 Å². The summed E-state index contributed by atoms with van der Waals surface area (Å²) >= 11 is 0. The van der Waals surface area contributed by atoms with Crippen LogP contribution in [0.25, 0.3) is 0 Å². The molecule has 8 nitrogen and oxygen atoms in total. The van der Waals surface area contributed by atoms with Gasteiger partial charge >= 0.3 is 0 Å². The summed E-state index contributed by atoms with van der Waals surface area (Å²) in [7, 11) is -0.229. The third kappa shape index (κ3) is 6.33. The first-order valence-electron chi connectivity index (χ1n) is 10.9. The number of rotatable bonds is 10. The number of methoxy groups -OCH3 is 1. The van der Waals surface area contributed by atoms with Crippen molar-refractivity contribution in [3.05, 3.63) is 58.7 Å². The van der Waals surface area contributed by atoms with Crippen LogP contribution < -0.4 is 15.4 Å². The first kappa shape index (κ1) is 24.7. The van der Waals surface area contributed by atoms with E-state index in [1.807, 2.05) is 24.3 Å². The van der Waals surface area contributed by atoms with Gasteiger partial charge in [-0.1, -0.05) is 24.3 Å². The van der Waals surface area contributed by atoms with E-state index in [0.29, 0.717) is 28.3 Å². The number of amides is 1. The SMILES string of the molecule is COc1cc(C)c(S(=O)(=O)CNCCC(=O)N(C)Cc2ccc(C3=NCCN3)cc2)c(C)c1. The maximum Gasteiger partial charge on any atom is 0.223 e. The second kappa shape index (κ2) is 10.8. The number of ether oxygens (including phenoxy) is 1. The molecule has 0 unspecified atom stereocenters. The molecule has 0 aromatic heterocycles. The predicted octanol–water partition coefficient (Wildman–Crippen LogP) is 2.03. The van der Waals surface area contributed by atoms with E-state index in [9.17, 15) is 13.2 Å². The van der Waals surface area contributed by atoms with Gasteiger partial charge < -0.3 is 20.3 Å². The topological polar surface area (TPSA) is 100 Å². The van der Waals surface area contributed by atoms with Gasteiger partial charge in [-0.25, -0.2) is 8.42 Å². The van der Waals surface area contributed by atoms with Crippen LogP contribution in [0.5, 0.6) is 5.75 Å². The average molecular weight is 473 g/mol. The van der Waals surface area contributed by atoms with E-state index >= 15 is 0 Å². The van der Waals surface area contributed by atoms with Gasteiger partial charge in [0, 0.05) is 38.7 Å². The van der Waals surface area contributed by atoms with Crippen molar-refractivity contribution in [2.75, 3.05) is 39.7 Å². The molecule has 1 heterocycles. The van der Waals surface area contributed by atoms with Gasteiger partial charge in [0.25, 0.3) is 0 Å². The summed E-state index contributed by atoms with van der Waals surface area (Å²) in [6.45, 7) is 5.94. The van der Waals surface area contributed by atoms with Crippen molar-refractivity contribution < 1.29 is 17.9 Å². The monoisotopic (exact) mass is 472 g/mol.